The zero-order chi connectivity index (χ0) is 15.3. The molecule has 1 atom stereocenters. The molecule has 2 rings (SSSR count). The molecule has 0 aliphatic carbocycles. The van der Waals surface area contributed by atoms with Crippen molar-refractivity contribution in [1.29, 1.82) is 0 Å². The topological polar surface area (TPSA) is 83.5 Å². The van der Waals surface area contributed by atoms with Crippen molar-refractivity contribution in [3.8, 4) is 11.8 Å². The number of benzene rings is 1. The molecule has 0 radical (unpaired) electrons. The average Bonchev–Trinajstić information content (AvgIpc) is 2.83. The van der Waals surface area contributed by atoms with E-state index < -0.39 is 15.8 Å². The highest BCUT2D eigenvalue weighted by Crippen LogP contribution is 2.18. The summed E-state index contributed by atoms with van der Waals surface area (Å²) in [6, 6.07) is 7.32. The minimum absolute atomic E-state index is 0.0647. The van der Waals surface area contributed by atoms with E-state index in [2.05, 4.69) is 17.2 Å². The van der Waals surface area contributed by atoms with Gasteiger partial charge < -0.3 is 10.4 Å². The van der Waals surface area contributed by atoms with Gasteiger partial charge in [0.05, 0.1) is 17.4 Å². The third-order valence-electron chi connectivity index (χ3n) is 3.38. The Morgan fingerprint density at radius 3 is 2.81 bits per heavy atom. The highest BCUT2D eigenvalue weighted by Gasteiger charge is 2.32. The number of hydrogen-bond acceptors (Lipinski definition) is 4. The van der Waals surface area contributed by atoms with Crippen LogP contribution in [0.4, 0.5) is 0 Å². The van der Waals surface area contributed by atoms with E-state index in [1.165, 1.54) is 0 Å². The highest BCUT2D eigenvalue weighted by molar-refractivity contribution is 7.91. The van der Waals surface area contributed by atoms with E-state index in [1.807, 2.05) is 24.3 Å². The standard InChI is InChI=1S/C15H17NO4S/c17-8-3-6-12-4-1-2-5-13(12)10-16-15(18)14-7-9-21(19,20)11-14/h1-2,4-5,14,17H,7-11H2,(H,16,18). The maximum Gasteiger partial charge on any atom is 0.224 e. The maximum absolute atomic E-state index is 12.0. The van der Waals surface area contributed by atoms with Crippen LogP contribution in [0.3, 0.4) is 0 Å². The number of carbonyl (C=O) groups is 1. The molecule has 1 aliphatic rings. The Hall–Kier alpha value is -1.84. The lowest BCUT2D eigenvalue weighted by Gasteiger charge is -2.10. The molecule has 0 spiro atoms. The molecule has 1 heterocycles. The van der Waals surface area contributed by atoms with Crippen molar-refractivity contribution in [3.05, 3.63) is 35.4 Å². The number of sulfone groups is 1. The molecule has 1 aromatic carbocycles. The molecule has 0 aromatic heterocycles. The van der Waals surface area contributed by atoms with Gasteiger partial charge in [0.25, 0.3) is 0 Å². The van der Waals surface area contributed by atoms with E-state index in [9.17, 15) is 13.2 Å². The number of aliphatic hydroxyl groups is 1. The summed E-state index contributed by atoms with van der Waals surface area (Å²) in [4.78, 5) is 12.0. The summed E-state index contributed by atoms with van der Waals surface area (Å²) in [5, 5.41) is 11.5. The zero-order valence-electron chi connectivity index (χ0n) is 11.5. The summed E-state index contributed by atoms with van der Waals surface area (Å²) < 4.78 is 22.7. The van der Waals surface area contributed by atoms with Crippen molar-refractivity contribution in [1.82, 2.24) is 5.32 Å². The molecule has 1 aromatic rings. The number of carbonyl (C=O) groups excluding carboxylic acids is 1. The van der Waals surface area contributed by atoms with Gasteiger partial charge in [0, 0.05) is 12.1 Å². The van der Waals surface area contributed by atoms with Crippen LogP contribution in [-0.4, -0.2) is 37.5 Å². The van der Waals surface area contributed by atoms with Crippen molar-refractivity contribution in [2.45, 2.75) is 13.0 Å². The minimum atomic E-state index is -3.05. The van der Waals surface area contributed by atoms with E-state index in [-0.39, 0.29) is 24.0 Å². The monoisotopic (exact) mass is 307 g/mol. The zero-order valence-corrected chi connectivity index (χ0v) is 12.3. The lowest BCUT2D eigenvalue weighted by Crippen LogP contribution is -2.31. The molecular formula is C15H17NO4S. The summed E-state index contributed by atoms with van der Waals surface area (Å²) in [5.74, 6) is 4.73. The SMILES string of the molecule is O=C(NCc1ccccc1C#CCO)C1CCS(=O)(=O)C1. The molecule has 1 aliphatic heterocycles. The fourth-order valence-electron chi connectivity index (χ4n) is 2.26. The molecule has 21 heavy (non-hydrogen) atoms. The van der Waals surface area contributed by atoms with Crippen molar-refractivity contribution >= 4 is 15.7 Å². The molecule has 2 N–H and O–H groups in total. The first-order valence-electron chi connectivity index (χ1n) is 6.67. The Balaban J connectivity index is 1.99. The Kier molecular flexibility index (Phi) is 4.99. The van der Waals surface area contributed by atoms with Gasteiger partial charge in [-0.15, -0.1) is 0 Å². The van der Waals surface area contributed by atoms with Gasteiger partial charge in [0.2, 0.25) is 5.91 Å². The molecule has 112 valence electrons. The molecule has 1 unspecified atom stereocenters. The van der Waals surface area contributed by atoms with E-state index in [0.29, 0.717) is 13.0 Å². The largest absolute Gasteiger partial charge is 0.384 e. The lowest BCUT2D eigenvalue weighted by molar-refractivity contribution is -0.124. The second kappa shape index (κ2) is 6.74. The van der Waals surface area contributed by atoms with Crippen molar-refractivity contribution in [3.63, 3.8) is 0 Å². The summed E-state index contributed by atoms with van der Waals surface area (Å²) in [6.07, 6.45) is 0.389. The summed E-state index contributed by atoms with van der Waals surface area (Å²) in [6.45, 7) is 0.0757. The van der Waals surface area contributed by atoms with E-state index >= 15 is 0 Å². The minimum Gasteiger partial charge on any atom is -0.384 e. The van der Waals surface area contributed by atoms with Crippen LogP contribution >= 0.6 is 0 Å². The van der Waals surface area contributed by atoms with Crippen LogP contribution in [0.15, 0.2) is 24.3 Å². The van der Waals surface area contributed by atoms with E-state index in [4.69, 9.17) is 5.11 Å². The fourth-order valence-corrected chi connectivity index (χ4v) is 4.00. The lowest BCUT2D eigenvalue weighted by atomic mass is 10.1. The molecular weight excluding hydrogens is 290 g/mol. The number of aliphatic hydroxyl groups excluding tert-OH is 1. The van der Waals surface area contributed by atoms with Crippen LogP contribution in [0.1, 0.15) is 17.5 Å². The second-order valence-electron chi connectivity index (χ2n) is 4.93. The first kappa shape index (κ1) is 15.5. The normalized spacial score (nSPS) is 19.6. The Morgan fingerprint density at radius 1 is 1.38 bits per heavy atom. The summed E-state index contributed by atoms with van der Waals surface area (Å²) in [5.41, 5.74) is 1.58. The first-order valence-corrected chi connectivity index (χ1v) is 8.50. The third-order valence-corrected chi connectivity index (χ3v) is 5.14. The third kappa shape index (κ3) is 4.31. The molecule has 6 heteroatoms. The first-order chi connectivity index (χ1) is 10.0. The number of rotatable bonds is 3. The smallest absolute Gasteiger partial charge is 0.224 e. The second-order valence-corrected chi connectivity index (χ2v) is 7.16. The Bertz CT molecular complexity index is 685. The fraction of sp³-hybridized carbons (Fsp3) is 0.400. The average molecular weight is 307 g/mol. The maximum atomic E-state index is 12.0. The number of amides is 1. The Labute approximate surface area is 124 Å². The van der Waals surface area contributed by atoms with Gasteiger partial charge in [-0.1, -0.05) is 30.0 Å². The van der Waals surface area contributed by atoms with Gasteiger partial charge in [-0.25, -0.2) is 8.42 Å². The Morgan fingerprint density at radius 2 is 2.14 bits per heavy atom. The van der Waals surface area contributed by atoms with Crippen LogP contribution in [0, 0.1) is 17.8 Å². The van der Waals surface area contributed by atoms with Gasteiger partial charge in [-0.2, -0.15) is 0 Å². The van der Waals surface area contributed by atoms with Gasteiger partial charge in [-0.3, -0.25) is 4.79 Å². The van der Waals surface area contributed by atoms with E-state index in [1.54, 1.807) is 0 Å². The quantitative estimate of drug-likeness (QED) is 0.775. The molecule has 5 nitrogen and oxygen atoms in total. The number of nitrogens with one attached hydrogen (secondary N) is 1. The summed E-state index contributed by atoms with van der Waals surface area (Å²) in [7, 11) is -3.05. The predicted molar refractivity (Wildman–Crippen MR) is 79.0 cm³/mol. The van der Waals surface area contributed by atoms with Gasteiger partial charge >= 0.3 is 0 Å². The van der Waals surface area contributed by atoms with Crippen molar-refractivity contribution < 1.29 is 18.3 Å². The highest BCUT2D eigenvalue weighted by atomic mass is 32.2. The molecule has 0 saturated carbocycles. The molecule has 0 bridgehead atoms. The van der Waals surface area contributed by atoms with Crippen LogP contribution in [-0.2, 0) is 21.2 Å². The van der Waals surface area contributed by atoms with Crippen LogP contribution in [0.25, 0.3) is 0 Å². The van der Waals surface area contributed by atoms with Crippen LogP contribution in [0.5, 0.6) is 0 Å². The van der Waals surface area contributed by atoms with Crippen molar-refractivity contribution in [2.24, 2.45) is 5.92 Å². The van der Waals surface area contributed by atoms with E-state index in [0.717, 1.165) is 11.1 Å². The van der Waals surface area contributed by atoms with Gasteiger partial charge in [0.1, 0.15) is 6.61 Å². The van der Waals surface area contributed by atoms with Gasteiger partial charge in [0.15, 0.2) is 9.84 Å². The number of hydrogen-bond donors (Lipinski definition) is 2. The molecule has 1 saturated heterocycles. The molecule has 1 amide bonds. The molecule has 1 fully saturated rings. The van der Waals surface area contributed by atoms with Crippen LogP contribution in [0.2, 0.25) is 0 Å². The predicted octanol–water partition coefficient (Wildman–Crippen LogP) is 0.0813. The van der Waals surface area contributed by atoms with Crippen molar-refractivity contribution in [2.75, 3.05) is 18.1 Å². The van der Waals surface area contributed by atoms with Gasteiger partial charge in [-0.05, 0) is 18.1 Å². The summed E-state index contributed by atoms with van der Waals surface area (Å²) >= 11 is 0. The van der Waals surface area contributed by atoms with Crippen LogP contribution < -0.4 is 5.32 Å².